The predicted molar refractivity (Wildman–Crippen MR) is 47.0 cm³/mol. The molecule has 76 valence electrons. The number of ether oxygens (including phenoxy) is 1. The number of methoxy groups -OCH3 is 1. The zero-order chi connectivity index (χ0) is 10.1. The summed E-state index contributed by atoms with van der Waals surface area (Å²) in [6, 6.07) is -0.446. The summed E-state index contributed by atoms with van der Waals surface area (Å²) in [5.74, 6) is 0. The smallest absolute Gasteiger partial charge is 0.425 e. The van der Waals surface area contributed by atoms with Gasteiger partial charge in [0.05, 0.1) is 7.11 Å². The molecule has 6 heteroatoms. The van der Waals surface area contributed by atoms with E-state index in [0.29, 0.717) is 6.54 Å². The Bertz CT molecular complexity index is 172. The second-order valence-electron chi connectivity index (χ2n) is 2.35. The summed E-state index contributed by atoms with van der Waals surface area (Å²) in [7, 11) is 1.21. The van der Waals surface area contributed by atoms with Gasteiger partial charge in [-0.1, -0.05) is 13.3 Å². The van der Waals surface area contributed by atoms with Gasteiger partial charge in [-0.05, 0) is 6.42 Å². The zero-order valence-corrected chi connectivity index (χ0v) is 7.85. The molecule has 6 nitrogen and oxygen atoms in total. The number of unbranched alkanes of at least 4 members (excludes halogenated alkanes) is 1. The molecule has 3 N–H and O–H groups in total. The molecule has 13 heavy (non-hydrogen) atoms. The number of carbonyl (C=O) groups is 2. The lowest BCUT2D eigenvalue weighted by Crippen LogP contribution is -2.47. The number of carbonyl (C=O) groups excluding carboxylic acids is 2. The third-order valence-electron chi connectivity index (χ3n) is 1.28. The van der Waals surface area contributed by atoms with Crippen LogP contribution in [0.3, 0.4) is 0 Å². The minimum Gasteiger partial charge on any atom is -0.452 e. The van der Waals surface area contributed by atoms with E-state index in [2.05, 4.69) is 15.5 Å². The minimum absolute atomic E-state index is 0.446. The number of urea groups is 1. The molecule has 0 aliphatic rings. The molecular weight excluding hydrogens is 174 g/mol. The first-order chi connectivity index (χ1) is 6.20. The molecule has 0 aliphatic heterocycles. The molecule has 0 aromatic carbocycles. The summed E-state index contributed by atoms with van der Waals surface area (Å²) in [5.41, 5.74) is 4.15. The standard InChI is InChI=1S/C7H15N3O3/c1-3-4-5-8-6(11)9-10-7(12)13-2/h3-5H2,1-2H3,(H,10,12)(H2,8,9,11). The number of hydrogen-bond acceptors (Lipinski definition) is 3. The van der Waals surface area contributed by atoms with E-state index >= 15 is 0 Å². The van der Waals surface area contributed by atoms with E-state index in [9.17, 15) is 9.59 Å². The first-order valence-electron chi connectivity index (χ1n) is 4.08. The average molecular weight is 189 g/mol. The van der Waals surface area contributed by atoms with Gasteiger partial charge >= 0.3 is 12.1 Å². The van der Waals surface area contributed by atoms with Crippen LogP contribution in [0.4, 0.5) is 9.59 Å². The minimum atomic E-state index is -0.703. The Labute approximate surface area is 77.0 Å². The molecule has 0 aromatic rings. The number of hydrazine groups is 1. The van der Waals surface area contributed by atoms with Crippen LogP contribution in [0.1, 0.15) is 19.8 Å². The third-order valence-corrected chi connectivity index (χ3v) is 1.28. The van der Waals surface area contributed by atoms with Gasteiger partial charge in [0, 0.05) is 6.54 Å². The lowest BCUT2D eigenvalue weighted by Gasteiger charge is -2.06. The first kappa shape index (κ1) is 11.5. The van der Waals surface area contributed by atoms with E-state index in [1.165, 1.54) is 7.11 Å². The topological polar surface area (TPSA) is 79.5 Å². The van der Waals surface area contributed by atoms with Crippen molar-refractivity contribution in [3.63, 3.8) is 0 Å². The molecule has 0 atom stereocenters. The van der Waals surface area contributed by atoms with E-state index in [0.717, 1.165) is 12.8 Å². The predicted octanol–water partition coefficient (Wildman–Crippen LogP) is 0.357. The highest BCUT2D eigenvalue weighted by atomic mass is 16.5. The van der Waals surface area contributed by atoms with Crippen molar-refractivity contribution in [1.82, 2.24) is 16.2 Å². The fourth-order valence-electron chi connectivity index (χ4n) is 0.582. The van der Waals surface area contributed by atoms with Gasteiger partial charge in [-0.15, -0.1) is 0 Å². The van der Waals surface area contributed by atoms with Crippen molar-refractivity contribution in [2.24, 2.45) is 0 Å². The first-order valence-corrected chi connectivity index (χ1v) is 4.08. The Balaban J connectivity index is 3.35. The van der Waals surface area contributed by atoms with Gasteiger partial charge in [0.15, 0.2) is 0 Å². The van der Waals surface area contributed by atoms with Gasteiger partial charge < -0.3 is 10.1 Å². The molecule has 0 saturated carbocycles. The summed E-state index contributed by atoms with van der Waals surface area (Å²) in [6.45, 7) is 2.61. The summed E-state index contributed by atoms with van der Waals surface area (Å²) in [6.07, 6.45) is 1.21. The number of nitrogens with one attached hydrogen (secondary N) is 3. The molecule has 0 aromatic heterocycles. The molecule has 3 amide bonds. The van der Waals surface area contributed by atoms with Gasteiger partial charge in [0.2, 0.25) is 0 Å². The van der Waals surface area contributed by atoms with Crippen LogP contribution in [0, 0.1) is 0 Å². The molecule has 0 unspecified atom stereocenters. The van der Waals surface area contributed by atoms with Crippen LogP contribution < -0.4 is 16.2 Å². The highest BCUT2D eigenvalue weighted by molar-refractivity contribution is 5.77. The van der Waals surface area contributed by atoms with Crippen molar-refractivity contribution in [2.75, 3.05) is 13.7 Å². The molecule has 0 rings (SSSR count). The lowest BCUT2D eigenvalue weighted by atomic mass is 10.3. The van der Waals surface area contributed by atoms with E-state index < -0.39 is 12.1 Å². The molecule has 0 bridgehead atoms. The summed E-state index contributed by atoms with van der Waals surface area (Å²) >= 11 is 0. The van der Waals surface area contributed by atoms with Gasteiger partial charge in [-0.25, -0.2) is 20.4 Å². The van der Waals surface area contributed by atoms with E-state index in [1.807, 2.05) is 12.3 Å². The Hall–Kier alpha value is -1.46. The summed E-state index contributed by atoms with van der Waals surface area (Å²) < 4.78 is 4.23. The van der Waals surface area contributed by atoms with Crippen LogP contribution in [0.5, 0.6) is 0 Å². The Morgan fingerprint density at radius 1 is 1.31 bits per heavy atom. The fraction of sp³-hybridized carbons (Fsp3) is 0.714. The van der Waals surface area contributed by atoms with E-state index in [4.69, 9.17) is 0 Å². The monoisotopic (exact) mass is 189 g/mol. The quantitative estimate of drug-likeness (QED) is 0.443. The van der Waals surface area contributed by atoms with Crippen molar-refractivity contribution in [2.45, 2.75) is 19.8 Å². The molecule has 0 fully saturated rings. The van der Waals surface area contributed by atoms with Crippen LogP contribution in [-0.2, 0) is 4.74 Å². The number of amides is 3. The SMILES string of the molecule is CCCCNC(=O)NNC(=O)OC. The Morgan fingerprint density at radius 2 is 2.00 bits per heavy atom. The molecule has 0 saturated heterocycles. The largest absolute Gasteiger partial charge is 0.452 e. The second-order valence-corrected chi connectivity index (χ2v) is 2.35. The number of rotatable bonds is 3. The van der Waals surface area contributed by atoms with Gasteiger partial charge in [-0.2, -0.15) is 0 Å². The molecule has 0 radical (unpaired) electrons. The van der Waals surface area contributed by atoms with Gasteiger partial charge in [0.25, 0.3) is 0 Å². The van der Waals surface area contributed by atoms with Crippen LogP contribution >= 0.6 is 0 Å². The van der Waals surface area contributed by atoms with Crippen LogP contribution in [0.15, 0.2) is 0 Å². The second kappa shape index (κ2) is 7.20. The maximum Gasteiger partial charge on any atom is 0.425 e. The number of hydrogen-bond donors (Lipinski definition) is 3. The summed E-state index contributed by atoms with van der Waals surface area (Å²) in [4.78, 5) is 21.3. The fourth-order valence-corrected chi connectivity index (χ4v) is 0.582. The Morgan fingerprint density at radius 3 is 2.54 bits per heavy atom. The van der Waals surface area contributed by atoms with Crippen molar-refractivity contribution in [3.05, 3.63) is 0 Å². The van der Waals surface area contributed by atoms with Gasteiger partial charge in [-0.3, -0.25) is 0 Å². The highest BCUT2D eigenvalue weighted by Gasteiger charge is 2.00. The third kappa shape index (κ3) is 6.92. The van der Waals surface area contributed by atoms with Crippen LogP contribution in [-0.4, -0.2) is 25.8 Å². The Kier molecular flexibility index (Phi) is 6.39. The van der Waals surface area contributed by atoms with Crippen molar-refractivity contribution in [1.29, 1.82) is 0 Å². The van der Waals surface area contributed by atoms with Crippen LogP contribution in [0.2, 0.25) is 0 Å². The van der Waals surface area contributed by atoms with E-state index in [-0.39, 0.29) is 0 Å². The summed E-state index contributed by atoms with van der Waals surface area (Å²) in [5, 5.41) is 2.54. The van der Waals surface area contributed by atoms with Crippen molar-refractivity contribution >= 4 is 12.1 Å². The average Bonchev–Trinajstić information content (AvgIpc) is 2.14. The van der Waals surface area contributed by atoms with Crippen molar-refractivity contribution < 1.29 is 14.3 Å². The van der Waals surface area contributed by atoms with E-state index in [1.54, 1.807) is 0 Å². The zero-order valence-electron chi connectivity index (χ0n) is 7.85. The maximum absolute atomic E-state index is 10.8. The lowest BCUT2D eigenvalue weighted by molar-refractivity contribution is 0.165. The van der Waals surface area contributed by atoms with Crippen molar-refractivity contribution in [3.8, 4) is 0 Å². The highest BCUT2D eigenvalue weighted by Crippen LogP contribution is 1.81. The molecule has 0 heterocycles. The van der Waals surface area contributed by atoms with Crippen LogP contribution in [0.25, 0.3) is 0 Å². The van der Waals surface area contributed by atoms with Gasteiger partial charge in [0.1, 0.15) is 0 Å². The normalized spacial score (nSPS) is 8.77. The molecule has 0 spiro atoms. The maximum atomic E-state index is 10.8. The molecular formula is C7H15N3O3. The molecule has 0 aliphatic carbocycles.